The van der Waals surface area contributed by atoms with Gasteiger partial charge in [-0.15, -0.1) is 20.4 Å². The maximum atomic E-state index is 12.0. The van der Waals surface area contributed by atoms with Crippen LogP contribution >= 0.6 is 15.9 Å². The van der Waals surface area contributed by atoms with E-state index in [4.69, 9.17) is 23.2 Å². The number of aromatic nitrogens is 8. The number of carbonyl (C=O) groups is 6. The summed E-state index contributed by atoms with van der Waals surface area (Å²) < 4.78 is 23.7. The molecule has 0 atom stereocenters. The number of hydrogen-bond acceptors (Lipinski definition) is 18. The van der Waals surface area contributed by atoms with Gasteiger partial charge in [0.1, 0.15) is 0 Å². The van der Waals surface area contributed by atoms with Crippen molar-refractivity contribution in [2.24, 2.45) is 20.8 Å². The molecule has 0 bridgehead atoms. The molecule has 29 heteroatoms. The van der Waals surface area contributed by atoms with Crippen LogP contribution in [0.2, 0.25) is 13.3 Å². The first-order valence-corrected chi connectivity index (χ1v) is 32.8. The van der Waals surface area contributed by atoms with Gasteiger partial charge in [-0.1, -0.05) is 74.9 Å². The summed E-state index contributed by atoms with van der Waals surface area (Å²) >= 11 is 0.636. The molecule has 3 aromatic carbocycles. The monoisotopic (exact) mass is 1270 g/mol. The van der Waals surface area contributed by atoms with Crippen molar-refractivity contribution in [1.29, 1.82) is 10.5 Å². The number of carbonyl (C=O) groups excluding carboxylic acids is 6. The summed E-state index contributed by atoms with van der Waals surface area (Å²) in [5, 5.41) is 46.6. The first-order valence-electron chi connectivity index (χ1n) is 25.0. The Morgan fingerprint density at radius 1 is 0.692 bits per heavy atom. The number of amides is 6. The van der Waals surface area contributed by atoms with Gasteiger partial charge in [0.2, 0.25) is 0 Å². The molecule has 0 saturated carbocycles. The van der Waals surface area contributed by atoms with Crippen molar-refractivity contribution in [2.75, 3.05) is 32.1 Å². The van der Waals surface area contributed by atoms with Crippen LogP contribution in [0.3, 0.4) is 0 Å². The minimum absolute atomic E-state index is 0. The number of nitrogens with two attached hydrogens (primary N) is 3. The predicted molar refractivity (Wildman–Crippen MR) is 291 cm³/mol. The summed E-state index contributed by atoms with van der Waals surface area (Å²) in [6.45, 7) is 7.68. The zero-order valence-electron chi connectivity index (χ0n) is 45.4. The molecule has 0 spiro atoms. The number of rotatable bonds is 18. The number of hydrazine groups is 1. The molecule has 0 radical (unpaired) electrons. The number of nitrogens with zero attached hydrogens (tertiary/aromatic N) is 14. The molecule has 0 aliphatic carbocycles. The van der Waals surface area contributed by atoms with E-state index in [1.165, 1.54) is 56.7 Å². The summed E-state index contributed by atoms with van der Waals surface area (Å²) in [5.41, 5.74) is 16.6. The van der Waals surface area contributed by atoms with Crippen molar-refractivity contribution < 1.29 is 85.9 Å². The molecule has 5 heterocycles. The van der Waals surface area contributed by atoms with E-state index in [0.29, 0.717) is 70.8 Å². The average Bonchev–Trinajstić information content (AvgIpc) is 4.32. The largest absolute Gasteiger partial charge is 1.00 e. The van der Waals surface area contributed by atoms with Crippen LogP contribution in [-0.4, -0.2) is 137 Å². The molecule has 25 nitrogen and oxygen atoms in total. The van der Waals surface area contributed by atoms with Gasteiger partial charge in [0.05, 0.1) is 61.2 Å². The Morgan fingerprint density at radius 3 is 1.35 bits per heavy atom. The van der Waals surface area contributed by atoms with Crippen LogP contribution in [0.5, 0.6) is 0 Å². The van der Waals surface area contributed by atoms with E-state index < -0.39 is 37.6 Å². The zero-order chi connectivity index (χ0) is 58.1. The molecule has 412 valence electrons. The predicted octanol–water partition coefficient (Wildman–Crippen LogP) is 4.64. The second-order valence-electron chi connectivity index (χ2n) is 16.1. The number of benzene rings is 3. The fourth-order valence-electron chi connectivity index (χ4n) is 7.21. The quantitative estimate of drug-likeness (QED) is 0.0117. The van der Waals surface area contributed by atoms with Crippen LogP contribution in [0.25, 0.3) is 15.8 Å². The van der Waals surface area contributed by atoms with Crippen LogP contribution < -0.4 is 68.8 Å². The number of nitrogens with one attached hydrogen (secondary N) is 2. The normalized spacial score (nSPS) is 12.0. The fraction of sp³-hybridized carbons (Fsp3) is 0.429. The van der Waals surface area contributed by atoms with Crippen LogP contribution in [0.15, 0.2) is 76.1 Å². The maximum absolute atomic E-state index is 12.0. The summed E-state index contributed by atoms with van der Waals surface area (Å²) in [5.74, 6) is 7.17. The third kappa shape index (κ3) is 24.1. The van der Waals surface area contributed by atoms with Gasteiger partial charge in [-0.25, -0.2) is 0 Å². The molecule has 5 aromatic rings. The van der Waals surface area contributed by atoms with Crippen molar-refractivity contribution in [3.63, 3.8) is 0 Å². The van der Waals surface area contributed by atoms with Gasteiger partial charge < -0.3 is 20.6 Å². The van der Waals surface area contributed by atoms with Gasteiger partial charge in [-0.3, -0.25) is 45.1 Å². The number of fused-ring (bicyclic) bond motifs is 3. The molecule has 0 fully saturated rings. The van der Waals surface area contributed by atoms with Gasteiger partial charge in [-0.2, -0.15) is 21.0 Å². The number of H-pyrrole nitrogens is 2. The number of aromatic amines is 2. The van der Waals surface area contributed by atoms with E-state index in [9.17, 15) is 33.2 Å². The number of azide groups is 1. The van der Waals surface area contributed by atoms with Crippen molar-refractivity contribution in [3.05, 3.63) is 134 Å². The Morgan fingerprint density at radius 2 is 1.05 bits per heavy atom. The number of alkyl halides is 2. The number of unbranched alkanes of at least 4 members (excludes halogenated alkanes) is 3. The Hall–Kier alpha value is -5.76. The second kappa shape index (κ2) is 43.2. The fourth-order valence-corrected chi connectivity index (χ4v) is 19.6. The Bertz CT molecular complexity index is 2620. The van der Waals surface area contributed by atoms with E-state index in [1.54, 1.807) is 72.8 Å². The van der Waals surface area contributed by atoms with Gasteiger partial charge >= 0.3 is 156 Å². The Kier molecular flexibility index (Phi) is 38.9. The van der Waals surface area contributed by atoms with Crippen LogP contribution in [-0.2, 0) is 12.8 Å². The number of nitriles is 2. The van der Waals surface area contributed by atoms with Crippen LogP contribution in [0.1, 0.15) is 147 Å². The van der Waals surface area contributed by atoms with E-state index >= 15 is 0 Å². The van der Waals surface area contributed by atoms with Gasteiger partial charge in [0.25, 0.3) is 23.6 Å². The average molecular weight is 1270 g/mol. The Balaban J connectivity index is 0.000000935. The number of imide groups is 3. The standard InChI is InChI=1S/C11H9N5O2.C11H8N2O2.C8H5NO2.3C4H9.C3H4BrN.C3H7N5.CH3F.K.N3.H4N2.Sn/c17-10-7-3-1-2-4-8(7)11(18)16(10)6-5-9-12-14-15-13-9;12-6-3-7-13-10(14)8-4-1-2-5-9(8)11(13)15;10-7-5-3-1-2-4-6(5)8(11)9-7;3*1-3-4-2;4-2-1-3-5;4-2-1-3-5-7-8-6-3;1-2;;1-3-2;1-2;/h1-4H,5-6H2,(H,12,13,14,15);1-2,4-5H,3,7H2;1-4H,(H,9,10,11);3*1,3-4H2,2H3;1-2H2;1-2,4H2,(H,5,6,7,8);1H3;;;1-2H2;/q;;;;;;;;;+1;-1;;+1/p-1/i;;;;;;;;1D;;;;. The molecule has 8 rings (SSSR count). The summed E-state index contributed by atoms with van der Waals surface area (Å²) in [6.07, 6.45) is 9.37. The first-order chi connectivity index (χ1) is 37.8. The van der Waals surface area contributed by atoms with Gasteiger partial charge in [0, 0.05) is 48.8 Å². The molecular formula is C49H66BrFKN19O6Sn. The molecule has 2 aromatic heterocycles. The van der Waals surface area contributed by atoms with Crippen molar-refractivity contribution in [2.45, 2.75) is 98.3 Å². The molecule has 3 aliphatic rings. The van der Waals surface area contributed by atoms with Crippen molar-refractivity contribution in [3.8, 4) is 12.1 Å². The minimum Gasteiger partial charge on any atom is -0.587 e. The third-order valence-corrected chi connectivity index (χ3v) is 23.8. The molecule has 6 amide bonds. The summed E-state index contributed by atoms with van der Waals surface area (Å²) in [4.78, 5) is 74.7. The van der Waals surface area contributed by atoms with Crippen molar-refractivity contribution >= 4 is 70.0 Å². The van der Waals surface area contributed by atoms with Crippen molar-refractivity contribution in [1.82, 2.24) is 51.0 Å². The van der Waals surface area contributed by atoms with E-state index in [-0.39, 0.29) is 94.5 Å². The van der Waals surface area contributed by atoms with E-state index in [0.717, 1.165) is 10.2 Å². The topological polar surface area (TPSA) is 406 Å². The van der Waals surface area contributed by atoms with E-state index in [1.807, 2.05) is 12.1 Å². The summed E-state index contributed by atoms with van der Waals surface area (Å²) in [6, 6.07) is 24.0. The zero-order valence-corrected chi connectivity index (χ0v) is 51.9. The number of hydrogen-bond donors (Lipinski definition) is 5. The van der Waals surface area contributed by atoms with Gasteiger partial charge in [0.15, 0.2) is 11.6 Å². The van der Waals surface area contributed by atoms with Crippen LogP contribution in [0, 0.1) is 22.7 Å². The van der Waals surface area contributed by atoms with Crippen LogP contribution in [0.4, 0.5) is 4.39 Å². The SMILES string of the molecule is CCC[CH2][Sn]([CH2]CCC)([CH2]CCC)[N]=[N+]=[N-].N#CCCBr.N#CCCN1C(=O)c2ccccc2C1=O.NCCc1nn[nH]n1.NN.O=C1[N-]C(=O)c2ccccc21.O=C1c2ccccc2C(=O)N1CCc1nn[nH]n1.[2H]CF.[K+]. The number of tetrazole rings is 2. The molecule has 8 N–H and O–H groups in total. The molecule has 3 aliphatic heterocycles. The summed E-state index contributed by atoms with van der Waals surface area (Å²) in [7, 11) is -1.00. The molecule has 78 heavy (non-hydrogen) atoms. The smallest absolute Gasteiger partial charge is 0.587 e. The first kappa shape index (κ1) is 70.2. The third-order valence-electron chi connectivity index (χ3n) is 11.0. The second-order valence-corrected chi connectivity index (χ2v) is 28.7. The maximum Gasteiger partial charge on any atom is 1.00 e. The number of halogens is 2. The molecule has 0 saturated heterocycles. The van der Waals surface area contributed by atoms with Gasteiger partial charge in [-0.05, 0) is 30.8 Å². The Labute approximate surface area is 509 Å². The molecular weight excluding hydrogens is 1210 g/mol. The molecule has 0 unspecified atom stereocenters. The van der Waals surface area contributed by atoms with E-state index in [2.05, 4.69) is 103 Å². The minimum atomic E-state index is -2.45.